The molecule has 0 aromatic rings. The van der Waals surface area contributed by atoms with Gasteiger partial charge in [-0.3, -0.25) is 4.39 Å². The first-order chi connectivity index (χ1) is 5.25. The molecule has 0 aromatic carbocycles. The monoisotopic (exact) mass is 194 g/mol. The zero-order valence-electron chi connectivity index (χ0n) is 6.26. The van der Waals surface area contributed by atoms with Crippen molar-refractivity contribution in [2.75, 3.05) is 6.67 Å². The Hall–Kier alpha value is -0.420. The summed E-state index contributed by atoms with van der Waals surface area (Å²) in [5.74, 6) is -9.41. The van der Waals surface area contributed by atoms with Crippen molar-refractivity contribution in [3.8, 4) is 0 Å². The second-order valence-electron chi connectivity index (χ2n) is 2.38. The Morgan fingerprint density at radius 2 is 1.58 bits per heavy atom. The van der Waals surface area contributed by atoms with Crippen molar-refractivity contribution in [3.63, 3.8) is 0 Å². The van der Waals surface area contributed by atoms with Crippen LogP contribution in [0, 0.1) is 0 Å². The van der Waals surface area contributed by atoms with Gasteiger partial charge in [-0.1, -0.05) is 0 Å². The molecule has 6 heteroatoms. The van der Waals surface area contributed by atoms with E-state index in [0.717, 1.165) is 0 Å². The van der Waals surface area contributed by atoms with E-state index in [1.165, 1.54) is 0 Å². The Morgan fingerprint density at radius 1 is 1.17 bits per heavy atom. The summed E-state index contributed by atoms with van der Waals surface area (Å²) in [5, 5.41) is 0. The van der Waals surface area contributed by atoms with Crippen molar-refractivity contribution in [3.05, 3.63) is 0 Å². The minimum absolute atomic E-state index is 0.312. The van der Waals surface area contributed by atoms with Crippen LogP contribution in [0.15, 0.2) is 0 Å². The normalized spacial score (nSPS) is 16.2. The second-order valence-corrected chi connectivity index (χ2v) is 2.38. The molecule has 0 saturated heterocycles. The van der Waals surface area contributed by atoms with Crippen molar-refractivity contribution in [1.82, 2.24) is 0 Å². The van der Waals surface area contributed by atoms with Crippen LogP contribution in [0.4, 0.5) is 26.3 Å². The first-order valence-electron chi connectivity index (χ1n) is 3.21. The molecule has 0 rings (SSSR count). The molecule has 0 spiro atoms. The highest BCUT2D eigenvalue weighted by atomic mass is 19.3. The van der Waals surface area contributed by atoms with E-state index in [0.29, 0.717) is 6.92 Å². The molecule has 0 saturated carbocycles. The Morgan fingerprint density at radius 3 is 1.83 bits per heavy atom. The van der Waals surface area contributed by atoms with Crippen LogP contribution in [0.25, 0.3) is 0 Å². The fourth-order valence-electron chi connectivity index (χ4n) is 0.576. The van der Waals surface area contributed by atoms with E-state index in [4.69, 9.17) is 0 Å². The minimum Gasteiger partial charge on any atom is -0.251 e. The maximum atomic E-state index is 12.2. The average molecular weight is 194 g/mol. The highest BCUT2D eigenvalue weighted by Gasteiger charge is 2.59. The van der Waals surface area contributed by atoms with Crippen molar-refractivity contribution in [2.45, 2.75) is 31.4 Å². The van der Waals surface area contributed by atoms with E-state index in [1.54, 1.807) is 0 Å². The van der Waals surface area contributed by atoms with Gasteiger partial charge in [0.05, 0.1) is 6.67 Å². The van der Waals surface area contributed by atoms with Gasteiger partial charge in [0.2, 0.25) is 0 Å². The quantitative estimate of drug-likeness (QED) is 0.603. The van der Waals surface area contributed by atoms with E-state index < -0.39 is 31.1 Å². The number of alkyl halides is 6. The predicted octanol–water partition coefficient (Wildman–Crippen LogP) is 2.97. The minimum atomic E-state index is -4.79. The van der Waals surface area contributed by atoms with E-state index in [2.05, 4.69) is 0 Å². The molecule has 0 fully saturated rings. The molecule has 0 aliphatic heterocycles. The van der Waals surface area contributed by atoms with Crippen molar-refractivity contribution in [2.24, 2.45) is 0 Å². The van der Waals surface area contributed by atoms with Crippen molar-refractivity contribution < 1.29 is 26.3 Å². The van der Waals surface area contributed by atoms with Crippen LogP contribution >= 0.6 is 0 Å². The van der Waals surface area contributed by atoms with Crippen LogP contribution in [0.1, 0.15) is 13.3 Å². The zero-order valence-corrected chi connectivity index (χ0v) is 6.26. The molecule has 1 atom stereocenters. The molecule has 0 heterocycles. The number of hydrogen-bond acceptors (Lipinski definition) is 0. The van der Waals surface area contributed by atoms with Crippen LogP contribution < -0.4 is 0 Å². The zero-order chi connectivity index (χ0) is 9.99. The van der Waals surface area contributed by atoms with E-state index in [-0.39, 0.29) is 0 Å². The predicted molar refractivity (Wildman–Crippen MR) is 31.1 cm³/mol. The van der Waals surface area contributed by atoms with Gasteiger partial charge in [0.15, 0.2) is 6.17 Å². The Balaban J connectivity index is 4.50. The van der Waals surface area contributed by atoms with Crippen LogP contribution in [-0.2, 0) is 0 Å². The Kier molecular flexibility index (Phi) is 3.41. The third-order valence-corrected chi connectivity index (χ3v) is 1.40. The lowest BCUT2D eigenvalue weighted by Crippen LogP contribution is -2.47. The summed E-state index contributed by atoms with van der Waals surface area (Å²) in [4.78, 5) is 0. The van der Waals surface area contributed by atoms with Gasteiger partial charge in [0, 0.05) is 6.42 Å². The van der Waals surface area contributed by atoms with Crippen LogP contribution in [0.2, 0.25) is 0 Å². The molecular formula is C6H8F6. The highest BCUT2D eigenvalue weighted by molar-refractivity contribution is 4.88. The Bertz CT molecular complexity index is 141. The van der Waals surface area contributed by atoms with Gasteiger partial charge in [-0.15, -0.1) is 0 Å². The standard InChI is InChI=1S/C6H8F6/c1-4(8)6(11,12)5(9,10)2-3-7/h4H,2-3H2,1H3. The fourth-order valence-corrected chi connectivity index (χ4v) is 0.576. The number of rotatable bonds is 4. The van der Waals surface area contributed by atoms with Gasteiger partial charge in [-0.05, 0) is 6.92 Å². The average Bonchev–Trinajstić information content (AvgIpc) is 1.86. The molecule has 12 heavy (non-hydrogen) atoms. The Labute approximate surface area is 65.6 Å². The second kappa shape index (κ2) is 3.53. The van der Waals surface area contributed by atoms with Gasteiger partial charge >= 0.3 is 11.8 Å². The third-order valence-electron chi connectivity index (χ3n) is 1.40. The van der Waals surface area contributed by atoms with E-state index in [9.17, 15) is 26.3 Å². The SMILES string of the molecule is CC(F)C(F)(F)C(F)(F)CCF. The van der Waals surface area contributed by atoms with Crippen molar-refractivity contribution >= 4 is 0 Å². The lowest BCUT2D eigenvalue weighted by Gasteiger charge is -2.26. The fraction of sp³-hybridized carbons (Fsp3) is 1.00. The maximum Gasteiger partial charge on any atom is 0.340 e. The van der Waals surface area contributed by atoms with Gasteiger partial charge < -0.3 is 0 Å². The molecule has 0 nitrogen and oxygen atoms in total. The third kappa shape index (κ3) is 2.04. The van der Waals surface area contributed by atoms with Gasteiger partial charge in [-0.2, -0.15) is 17.6 Å². The first-order valence-corrected chi connectivity index (χ1v) is 3.21. The van der Waals surface area contributed by atoms with Crippen LogP contribution in [0.5, 0.6) is 0 Å². The lowest BCUT2D eigenvalue weighted by molar-refractivity contribution is -0.239. The molecule has 0 N–H and O–H groups in total. The smallest absolute Gasteiger partial charge is 0.251 e. The van der Waals surface area contributed by atoms with E-state index >= 15 is 0 Å². The molecule has 0 bridgehead atoms. The van der Waals surface area contributed by atoms with Crippen molar-refractivity contribution in [1.29, 1.82) is 0 Å². The summed E-state index contributed by atoms with van der Waals surface area (Å²) in [6.45, 7) is -1.29. The summed E-state index contributed by atoms with van der Waals surface area (Å²) in [6, 6.07) is 0. The molecule has 0 aliphatic carbocycles. The summed E-state index contributed by atoms with van der Waals surface area (Å²) in [5.41, 5.74) is 0. The molecule has 74 valence electrons. The lowest BCUT2D eigenvalue weighted by atomic mass is 10.1. The molecule has 0 aliphatic rings. The molecule has 0 radical (unpaired) electrons. The highest BCUT2D eigenvalue weighted by Crippen LogP contribution is 2.40. The maximum absolute atomic E-state index is 12.2. The number of hydrogen-bond donors (Lipinski definition) is 0. The molecular weight excluding hydrogens is 186 g/mol. The first kappa shape index (κ1) is 11.6. The topological polar surface area (TPSA) is 0 Å². The van der Waals surface area contributed by atoms with Crippen LogP contribution in [-0.4, -0.2) is 24.7 Å². The summed E-state index contributed by atoms with van der Waals surface area (Å²) in [6.07, 6.45) is -4.65. The molecule has 0 amide bonds. The molecule has 0 aromatic heterocycles. The van der Waals surface area contributed by atoms with Gasteiger partial charge in [-0.25, -0.2) is 4.39 Å². The van der Waals surface area contributed by atoms with Gasteiger partial charge in [0.25, 0.3) is 0 Å². The van der Waals surface area contributed by atoms with Gasteiger partial charge in [0.1, 0.15) is 0 Å². The summed E-state index contributed by atoms with van der Waals surface area (Å²) >= 11 is 0. The molecule has 1 unspecified atom stereocenters. The summed E-state index contributed by atoms with van der Waals surface area (Å²) in [7, 11) is 0. The largest absolute Gasteiger partial charge is 0.340 e. The number of halogens is 6. The van der Waals surface area contributed by atoms with E-state index in [1.807, 2.05) is 0 Å². The summed E-state index contributed by atoms with van der Waals surface area (Å²) < 4.78 is 72.2. The van der Waals surface area contributed by atoms with Crippen LogP contribution in [0.3, 0.4) is 0 Å².